The molecule has 8 heteroatoms. The molecule has 3 rings (SSSR count). The molecule has 1 fully saturated rings. The monoisotopic (exact) mass is 380 g/mol. The number of thioether (sulfide) groups is 1. The van der Waals surface area contributed by atoms with Crippen molar-refractivity contribution in [3.8, 4) is 0 Å². The van der Waals surface area contributed by atoms with Crippen molar-refractivity contribution in [3.05, 3.63) is 36.4 Å². The number of rotatable bonds is 6. The SMILES string of the molecule is O=C(CCN1C(=O)[C@@H]2CC=CC[C@H]2C1=O)Nc1ccc(SC(F)F)cc1. The first-order chi connectivity index (χ1) is 12.5. The third-order valence-electron chi connectivity index (χ3n) is 4.52. The summed E-state index contributed by atoms with van der Waals surface area (Å²) in [5.41, 5.74) is 0.477. The molecule has 0 saturated carbocycles. The molecule has 26 heavy (non-hydrogen) atoms. The number of amides is 3. The smallest absolute Gasteiger partial charge is 0.288 e. The average Bonchev–Trinajstić information content (AvgIpc) is 2.86. The van der Waals surface area contributed by atoms with Gasteiger partial charge in [-0.3, -0.25) is 19.3 Å². The normalized spacial score (nSPS) is 22.0. The van der Waals surface area contributed by atoms with Gasteiger partial charge < -0.3 is 5.32 Å². The zero-order valence-electron chi connectivity index (χ0n) is 13.9. The van der Waals surface area contributed by atoms with E-state index < -0.39 is 5.76 Å². The summed E-state index contributed by atoms with van der Waals surface area (Å²) in [6.07, 6.45) is 4.97. The molecule has 1 aliphatic heterocycles. The van der Waals surface area contributed by atoms with Gasteiger partial charge in [0.2, 0.25) is 17.7 Å². The van der Waals surface area contributed by atoms with Crippen LogP contribution < -0.4 is 5.32 Å². The van der Waals surface area contributed by atoms with Crippen LogP contribution in [0.4, 0.5) is 14.5 Å². The minimum absolute atomic E-state index is 0.00210. The van der Waals surface area contributed by atoms with Crippen LogP contribution in [-0.4, -0.2) is 34.9 Å². The molecule has 0 unspecified atom stereocenters. The molecule has 1 saturated heterocycles. The van der Waals surface area contributed by atoms with Crippen LogP contribution >= 0.6 is 11.8 Å². The molecular weight excluding hydrogens is 362 g/mol. The van der Waals surface area contributed by atoms with E-state index in [1.165, 1.54) is 29.2 Å². The second kappa shape index (κ2) is 7.99. The van der Waals surface area contributed by atoms with Crippen LogP contribution in [0.1, 0.15) is 19.3 Å². The van der Waals surface area contributed by atoms with Crippen LogP contribution in [0.25, 0.3) is 0 Å². The number of benzene rings is 1. The fourth-order valence-corrected chi connectivity index (χ4v) is 3.74. The highest BCUT2D eigenvalue weighted by atomic mass is 32.2. The van der Waals surface area contributed by atoms with Gasteiger partial charge in [-0.25, -0.2) is 0 Å². The minimum atomic E-state index is -2.50. The summed E-state index contributed by atoms with van der Waals surface area (Å²) in [5.74, 6) is -3.83. The molecule has 0 bridgehead atoms. The number of carbonyl (C=O) groups excluding carboxylic acids is 3. The molecule has 1 aliphatic carbocycles. The number of carbonyl (C=O) groups is 3. The molecular formula is C18H18F2N2O3S. The largest absolute Gasteiger partial charge is 0.326 e. The van der Waals surface area contributed by atoms with E-state index in [4.69, 9.17) is 0 Å². The predicted molar refractivity (Wildman–Crippen MR) is 93.6 cm³/mol. The van der Waals surface area contributed by atoms with Crippen LogP contribution in [0.2, 0.25) is 0 Å². The fourth-order valence-electron chi connectivity index (χ4n) is 3.25. The molecule has 0 aromatic heterocycles. The van der Waals surface area contributed by atoms with Crippen LogP contribution in [0.15, 0.2) is 41.3 Å². The Balaban J connectivity index is 1.51. The van der Waals surface area contributed by atoms with Gasteiger partial charge in [-0.15, -0.1) is 0 Å². The zero-order valence-corrected chi connectivity index (χ0v) is 14.7. The lowest BCUT2D eigenvalue weighted by atomic mass is 9.85. The van der Waals surface area contributed by atoms with Gasteiger partial charge in [0, 0.05) is 23.5 Å². The summed E-state index contributed by atoms with van der Waals surface area (Å²) in [7, 11) is 0. The maximum atomic E-state index is 12.3. The molecule has 1 heterocycles. The Morgan fingerprint density at radius 3 is 2.23 bits per heavy atom. The summed E-state index contributed by atoms with van der Waals surface area (Å²) < 4.78 is 24.6. The molecule has 3 amide bonds. The minimum Gasteiger partial charge on any atom is -0.326 e. The first-order valence-electron chi connectivity index (χ1n) is 8.30. The van der Waals surface area contributed by atoms with E-state index in [0.717, 1.165) is 0 Å². The van der Waals surface area contributed by atoms with Crippen LogP contribution in [0.5, 0.6) is 0 Å². The summed E-state index contributed by atoms with van der Waals surface area (Å²) in [4.78, 5) is 38.3. The van der Waals surface area contributed by atoms with E-state index in [1.807, 2.05) is 12.2 Å². The lowest BCUT2D eigenvalue weighted by Gasteiger charge is -2.14. The summed E-state index contributed by atoms with van der Waals surface area (Å²) >= 11 is 0.430. The van der Waals surface area contributed by atoms with Crippen molar-refractivity contribution in [1.82, 2.24) is 4.90 Å². The number of hydrogen-bond acceptors (Lipinski definition) is 4. The maximum Gasteiger partial charge on any atom is 0.288 e. The number of nitrogens with zero attached hydrogens (tertiary/aromatic N) is 1. The van der Waals surface area contributed by atoms with E-state index in [9.17, 15) is 23.2 Å². The van der Waals surface area contributed by atoms with Crippen LogP contribution in [-0.2, 0) is 14.4 Å². The Kier molecular flexibility index (Phi) is 5.70. The Hall–Kier alpha value is -2.22. The molecule has 0 spiro atoms. The standard InChI is InChI=1S/C18H18F2N2O3S/c19-18(20)26-12-7-5-11(6-8-12)21-15(23)9-10-22-16(24)13-3-1-2-4-14(13)17(22)25/h1-2,5-8,13-14,18H,3-4,9-10H2,(H,21,23)/t13-,14-/m1/s1. The Bertz CT molecular complexity index is 710. The fraction of sp³-hybridized carbons (Fsp3) is 0.389. The van der Waals surface area contributed by atoms with Gasteiger partial charge in [0.05, 0.1) is 11.8 Å². The van der Waals surface area contributed by atoms with Crippen LogP contribution in [0.3, 0.4) is 0 Å². The Morgan fingerprint density at radius 1 is 1.12 bits per heavy atom. The lowest BCUT2D eigenvalue weighted by Crippen LogP contribution is -2.34. The number of hydrogen-bond donors (Lipinski definition) is 1. The topological polar surface area (TPSA) is 66.5 Å². The van der Waals surface area contributed by atoms with Gasteiger partial charge in [0.25, 0.3) is 5.76 Å². The highest BCUT2D eigenvalue weighted by Gasteiger charge is 2.46. The second-order valence-corrected chi connectivity index (χ2v) is 7.25. The second-order valence-electron chi connectivity index (χ2n) is 6.18. The Labute approximate surface area is 153 Å². The first-order valence-corrected chi connectivity index (χ1v) is 9.18. The van der Waals surface area contributed by atoms with Crippen molar-refractivity contribution in [1.29, 1.82) is 0 Å². The number of imide groups is 1. The van der Waals surface area contributed by atoms with E-state index in [-0.39, 0.29) is 42.5 Å². The molecule has 1 aromatic rings. The number of alkyl halides is 2. The van der Waals surface area contributed by atoms with Gasteiger partial charge in [-0.1, -0.05) is 23.9 Å². The number of fused-ring (bicyclic) bond motifs is 1. The van der Waals surface area contributed by atoms with Crippen molar-refractivity contribution >= 4 is 35.2 Å². The molecule has 1 N–H and O–H groups in total. The number of allylic oxidation sites excluding steroid dienone is 2. The van der Waals surface area contributed by atoms with Gasteiger partial charge in [0.1, 0.15) is 0 Å². The summed E-state index contributed by atoms with van der Waals surface area (Å²) in [6.45, 7) is 0.0514. The number of halogens is 2. The third-order valence-corrected chi connectivity index (χ3v) is 5.25. The predicted octanol–water partition coefficient (Wildman–Crippen LogP) is 3.28. The molecule has 1 aromatic carbocycles. The first kappa shape index (κ1) is 18.6. The summed E-state index contributed by atoms with van der Waals surface area (Å²) in [6, 6.07) is 6.07. The molecule has 2 atom stereocenters. The van der Waals surface area contributed by atoms with Crippen molar-refractivity contribution < 1.29 is 23.2 Å². The number of anilines is 1. The lowest BCUT2D eigenvalue weighted by molar-refractivity contribution is -0.140. The van der Waals surface area contributed by atoms with E-state index >= 15 is 0 Å². The van der Waals surface area contributed by atoms with Crippen molar-refractivity contribution in [3.63, 3.8) is 0 Å². The highest BCUT2D eigenvalue weighted by Crippen LogP contribution is 2.35. The Morgan fingerprint density at radius 2 is 1.69 bits per heavy atom. The van der Waals surface area contributed by atoms with Crippen molar-refractivity contribution in [2.24, 2.45) is 11.8 Å². The van der Waals surface area contributed by atoms with Gasteiger partial charge >= 0.3 is 0 Å². The molecule has 5 nitrogen and oxygen atoms in total. The third kappa shape index (κ3) is 4.12. The van der Waals surface area contributed by atoms with Gasteiger partial charge in [-0.2, -0.15) is 8.78 Å². The number of nitrogens with one attached hydrogen (secondary N) is 1. The van der Waals surface area contributed by atoms with Crippen molar-refractivity contribution in [2.45, 2.75) is 29.9 Å². The summed E-state index contributed by atoms with van der Waals surface area (Å²) in [5, 5.41) is 2.64. The van der Waals surface area contributed by atoms with E-state index in [2.05, 4.69) is 5.32 Å². The maximum absolute atomic E-state index is 12.3. The quantitative estimate of drug-likeness (QED) is 0.467. The van der Waals surface area contributed by atoms with E-state index in [0.29, 0.717) is 35.2 Å². The van der Waals surface area contributed by atoms with Crippen LogP contribution in [0, 0.1) is 11.8 Å². The number of likely N-dealkylation sites (tertiary alicyclic amines) is 1. The van der Waals surface area contributed by atoms with E-state index in [1.54, 1.807) is 0 Å². The molecule has 2 aliphatic rings. The molecule has 138 valence electrons. The van der Waals surface area contributed by atoms with Gasteiger partial charge in [-0.05, 0) is 37.1 Å². The van der Waals surface area contributed by atoms with Crippen molar-refractivity contribution in [2.75, 3.05) is 11.9 Å². The average molecular weight is 380 g/mol. The zero-order chi connectivity index (χ0) is 18.7. The molecule has 0 radical (unpaired) electrons. The highest BCUT2D eigenvalue weighted by molar-refractivity contribution is 7.99. The van der Waals surface area contributed by atoms with Gasteiger partial charge in [0.15, 0.2) is 0 Å².